The number of nitrogens with one attached hydrogen (secondary N) is 1. The number of ketones is 1. The number of ether oxygens (including phenoxy) is 3. The van der Waals surface area contributed by atoms with E-state index >= 15 is 0 Å². The zero-order valence-electron chi connectivity index (χ0n) is 16.1. The van der Waals surface area contributed by atoms with Crippen LogP contribution >= 0.6 is 0 Å². The molecule has 0 saturated heterocycles. The van der Waals surface area contributed by atoms with E-state index in [0.717, 1.165) is 0 Å². The molecule has 0 aliphatic carbocycles. The molecule has 0 fully saturated rings. The second-order valence-corrected chi connectivity index (χ2v) is 5.95. The maximum Gasteiger partial charge on any atom is 0.344 e. The molecule has 0 heterocycles. The summed E-state index contributed by atoms with van der Waals surface area (Å²) in [5.74, 6) is -0.0108. The number of Topliss-reactive ketones (excluding diaryl/α,β-unsaturated/α-hetero) is 1. The van der Waals surface area contributed by atoms with Crippen molar-refractivity contribution in [3.8, 4) is 11.5 Å². The quantitative estimate of drug-likeness (QED) is 0.526. The first kappa shape index (κ1) is 21.0. The van der Waals surface area contributed by atoms with E-state index in [2.05, 4.69) is 5.32 Å². The highest BCUT2D eigenvalue weighted by atomic mass is 16.6. The lowest BCUT2D eigenvalue weighted by atomic mass is 10.1. The van der Waals surface area contributed by atoms with Crippen molar-refractivity contribution in [2.45, 2.75) is 26.9 Å². The molecule has 0 aliphatic rings. The molecule has 0 aromatic heterocycles. The average molecular weight is 385 g/mol. The van der Waals surface area contributed by atoms with Crippen molar-refractivity contribution in [2.24, 2.45) is 0 Å². The Labute approximate surface area is 163 Å². The predicted octanol–water partition coefficient (Wildman–Crippen LogP) is 3.24. The molecule has 1 amide bonds. The number of amides is 1. The Morgan fingerprint density at radius 2 is 1.50 bits per heavy atom. The molecule has 1 N–H and O–H groups in total. The van der Waals surface area contributed by atoms with E-state index in [0.29, 0.717) is 29.4 Å². The first-order chi connectivity index (χ1) is 13.4. The summed E-state index contributed by atoms with van der Waals surface area (Å²) in [6, 6.07) is 13.3. The normalized spacial score (nSPS) is 11.2. The van der Waals surface area contributed by atoms with Gasteiger partial charge in [-0.25, -0.2) is 4.79 Å². The third kappa shape index (κ3) is 6.42. The van der Waals surface area contributed by atoms with Crippen molar-refractivity contribution < 1.29 is 28.6 Å². The molecule has 28 heavy (non-hydrogen) atoms. The van der Waals surface area contributed by atoms with Gasteiger partial charge in [0.1, 0.15) is 11.5 Å². The highest BCUT2D eigenvalue weighted by Crippen LogP contribution is 2.17. The van der Waals surface area contributed by atoms with E-state index in [1.807, 2.05) is 6.92 Å². The zero-order chi connectivity index (χ0) is 20.5. The highest BCUT2D eigenvalue weighted by Gasteiger charge is 2.18. The summed E-state index contributed by atoms with van der Waals surface area (Å²) in [6.45, 7) is 5.06. The van der Waals surface area contributed by atoms with Gasteiger partial charge < -0.3 is 19.5 Å². The number of rotatable bonds is 9. The van der Waals surface area contributed by atoms with E-state index in [4.69, 9.17) is 14.2 Å². The van der Waals surface area contributed by atoms with Crippen LogP contribution in [0.1, 0.15) is 31.1 Å². The van der Waals surface area contributed by atoms with Gasteiger partial charge >= 0.3 is 5.97 Å². The third-order valence-corrected chi connectivity index (χ3v) is 3.73. The van der Waals surface area contributed by atoms with Crippen molar-refractivity contribution in [3.05, 3.63) is 54.1 Å². The average Bonchev–Trinajstić information content (AvgIpc) is 2.68. The molecule has 0 aliphatic heterocycles. The number of carbonyl (C=O) groups excluding carboxylic acids is 3. The number of carbonyl (C=O) groups is 3. The van der Waals surface area contributed by atoms with E-state index in [9.17, 15) is 14.4 Å². The van der Waals surface area contributed by atoms with E-state index in [1.54, 1.807) is 48.5 Å². The molecule has 0 unspecified atom stereocenters. The molecule has 0 bridgehead atoms. The van der Waals surface area contributed by atoms with Crippen molar-refractivity contribution in [3.63, 3.8) is 0 Å². The summed E-state index contributed by atoms with van der Waals surface area (Å²) < 4.78 is 15.7. The van der Waals surface area contributed by atoms with Crippen LogP contribution in [0.5, 0.6) is 11.5 Å². The minimum absolute atomic E-state index is 0.0623. The SMILES string of the molecule is CCOc1ccc(OCC(=O)O[C@@H](C)C(=O)Nc2ccc(C(C)=O)cc2)cc1. The summed E-state index contributed by atoms with van der Waals surface area (Å²) >= 11 is 0. The van der Waals surface area contributed by atoms with Crippen LogP contribution in [0.3, 0.4) is 0 Å². The largest absolute Gasteiger partial charge is 0.494 e. The zero-order valence-corrected chi connectivity index (χ0v) is 16.1. The molecule has 0 saturated carbocycles. The molecule has 7 heteroatoms. The van der Waals surface area contributed by atoms with Gasteiger partial charge in [-0.05, 0) is 69.3 Å². The molecule has 1 atom stereocenters. The second kappa shape index (κ2) is 10.1. The molecule has 0 spiro atoms. The number of esters is 1. The lowest BCUT2D eigenvalue weighted by Gasteiger charge is -2.14. The summed E-state index contributed by atoms with van der Waals surface area (Å²) in [6.07, 6.45) is -0.996. The Morgan fingerprint density at radius 1 is 0.929 bits per heavy atom. The Bertz CT molecular complexity index is 814. The minimum Gasteiger partial charge on any atom is -0.494 e. The highest BCUT2D eigenvalue weighted by molar-refractivity contribution is 5.97. The topological polar surface area (TPSA) is 90.9 Å². The standard InChI is InChI=1S/C21H23NO6/c1-4-26-18-9-11-19(12-10-18)27-13-20(24)28-15(3)21(25)22-17-7-5-16(6-8-17)14(2)23/h5-12,15H,4,13H2,1-3H3,(H,22,25)/t15-/m0/s1. The molecule has 2 aromatic rings. The van der Waals surface area contributed by atoms with Gasteiger partial charge in [0, 0.05) is 11.3 Å². The lowest BCUT2D eigenvalue weighted by molar-refractivity contribution is -0.155. The van der Waals surface area contributed by atoms with Gasteiger partial charge in [-0.15, -0.1) is 0 Å². The van der Waals surface area contributed by atoms with Gasteiger partial charge in [-0.1, -0.05) is 0 Å². The smallest absolute Gasteiger partial charge is 0.344 e. The fourth-order valence-corrected chi connectivity index (χ4v) is 2.26. The van der Waals surface area contributed by atoms with Gasteiger partial charge in [-0.2, -0.15) is 0 Å². The van der Waals surface area contributed by atoms with Crippen molar-refractivity contribution in [1.29, 1.82) is 0 Å². The van der Waals surface area contributed by atoms with Crippen molar-refractivity contribution >= 4 is 23.3 Å². The number of hydrogen-bond donors (Lipinski definition) is 1. The van der Waals surface area contributed by atoms with Crippen LogP contribution in [0.2, 0.25) is 0 Å². The third-order valence-electron chi connectivity index (χ3n) is 3.73. The van der Waals surface area contributed by atoms with E-state index in [1.165, 1.54) is 13.8 Å². The van der Waals surface area contributed by atoms with Crippen LogP contribution in [0, 0.1) is 0 Å². The van der Waals surface area contributed by atoms with Gasteiger partial charge in [-0.3, -0.25) is 9.59 Å². The van der Waals surface area contributed by atoms with Gasteiger partial charge in [0.25, 0.3) is 5.91 Å². The van der Waals surface area contributed by atoms with Crippen LogP contribution in [-0.2, 0) is 14.3 Å². The van der Waals surface area contributed by atoms with Crippen LogP contribution in [-0.4, -0.2) is 37.0 Å². The van der Waals surface area contributed by atoms with Crippen LogP contribution in [0.4, 0.5) is 5.69 Å². The molecular formula is C21H23NO6. The summed E-state index contributed by atoms with van der Waals surface area (Å²) in [5, 5.41) is 2.62. The first-order valence-electron chi connectivity index (χ1n) is 8.86. The van der Waals surface area contributed by atoms with Crippen LogP contribution in [0.25, 0.3) is 0 Å². The summed E-state index contributed by atoms with van der Waals surface area (Å²) in [7, 11) is 0. The molecule has 148 valence electrons. The molecule has 7 nitrogen and oxygen atoms in total. The van der Waals surface area contributed by atoms with Crippen molar-refractivity contribution in [1.82, 2.24) is 0 Å². The predicted molar refractivity (Wildman–Crippen MR) is 104 cm³/mol. The van der Waals surface area contributed by atoms with Crippen LogP contribution < -0.4 is 14.8 Å². The lowest BCUT2D eigenvalue weighted by Crippen LogP contribution is -2.31. The van der Waals surface area contributed by atoms with E-state index < -0.39 is 18.0 Å². The number of hydrogen-bond acceptors (Lipinski definition) is 6. The van der Waals surface area contributed by atoms with Gasteiger partial charge in [0.2, 0.25) is 0 Å². The summed E-state index contributed by atoms with van der Waals surface area (Å²) in [5.41, 5.74) is 1.05. The fraction of sp³-hybridized carbons (Fsp3) is 0.286. The molecule has 2 aromatic carbocycles. The van der Waals surface area contributed by atoms with E-state index in [-0.39, 0.29) is 12.4 Å². The van der Waals surface area contributed by atoms with Crippen molar-refractivity contribution in [2.75, 3.05) is 18.5 Å². The Kier molecular flexibility index (Phi) is 7.56. The first-order valence-corrected chi connectivity index (χ1v) is 8.86. The van der Waals surface area contributed by atoms with Crippen LogP contribution in [0.15, 0.2) is 48.5 Å². The molecular weight excluding hydrogens is 362 g/mol. The Balaban J connectivity index is 1.79. The van der Waals surface area contributed by atoms with Gasteiger partial charge in [0.05, 0.1) is 6.61 Å². The fourth-order valence-electron chi connectivity index (χ4n) is 2.26. The number of anilines is 1. The maximum absolute atomic E-state index is 12.1. The monoisotopic (exact) mass is 385 g/mol. The Morgan fingerprint density at radius 3 is 2.04 bits per heavy atom. The second-order valence-electron chi connectivity index (χ2n) is 5.95. The summed E-state index contributed by atoms with van der Waals surface area (Å²) in [4.78, 5) is 35.3. The number of benzene rings is 2. The van der Waals surface area contributed by atoms with Gasteiger partial charge in [0.15, 0.2) is 18.5 Å². The molecule has 0 radical (unpaired) electrons. The minimum atomic E-state index is -0.996. The maximum atomic E-state index is 12.1. The Hall–Kier alpha value is -3.35. The molecule has 2 rings (SSSR count).